The van der Waals surface area contributed by atoms with Crippen LogP contribution in [0.2, 0.25) is 5.02 Å². The molecular formula is C24H19ClN2O4. The molecule has 1 aliphatic rings. The van der Waals surface area contributed by atoms with E-state index in [1.807, 2.05) is 6.07 Å². The van der Waals surface area contributed by atoms with Crippen LogP contribution in [0.5, 0.6) is 5.75 Å². The molecule has 4 rings (SSSR count). The molecule has 31 heavy (non-hydrogen) atoms. The predicted octanol–water partition coefficient (Wildman–Crippen LogP) is 4.72. The first kappa shape index (κ1) is 20.6. The van der Waals surface area contributed by atoms with E-state index in [0.29, 0.717) is 39.7 Å². The van der Waals surface area contributed by atoms with Crippen LogP contribution >= 0.6 is 11.6 Å². The number of anilines is 2. The molecule has 0 unspecified atom stereocenters. The number of nitrogens with one attached hydrogen (secondary N) is 1. The molecule has 156 valence electrons. The SMILES string of the molecule is COc1ccc(CCC(=O)Nc2cccc(N3C(=O)c4ccccc4C3=O)c2)cc1Cl. The first-order valence-corrected chi connectivity index (χ1v) is 10.1. The second-order valence-electron chi connectivity index (χ2n) is 7.06. The number of nitrogens with zero attached hydrogens (tertiary/aromatic N) is 1. The first-order chi connectivity index (χ1) is 15.0. The smallest absolute Gasteiger partial charge is 0.266 e. The Hall–Kier alpha value is -3.64. The van der Waals surface area contributed by atoms with Crippen LogP contribution in [0.4, 0.5) is 11.4 Å². The lowest BCUT2D eigenvalue weighted by Crippen LogP contribution is -2.29. The summed E-state index contributed by atoms with van der Waals surface area (Å²) in [5.41, 5.74) is 2.58. The molecular weight excluding hydrogens is 416 g/mol. The zero-order valence-corrected chi connectivity index (χ0v) is 17.5. The molecule has 6 nitrogen and oxygen atoms in total. The maximum Gasteiger partial charge on any atom is 0.266 e. The van der Waals surface area contributed by atoms with Crippen LogP contribution in [0.3, 0.4) is 0 Å². The van der Waals surface area contributed by atoms with Gasteiger partial charge in [0.2, 0.25) is 5.91 Å². The third kappa shape index (κ3) is 4.15. The van der Waals surface area contributed by atoms with Gasteiger partial charge in [0, 0.05) is 12.1 Å². The number of amides is 3. The highest BCUT2D eigenvalue weighted by Gasteiger charge is 2.36. The maximum absolute atomic E-state index is 12.7. The minimum absolute atomic E-state index is 0.188. The number of imide groups is 1. The van der Waals surface area contributed by atoms with E-state index in [0.717, 1.165) is 10.5 Å². The zero-order chi connectivity index (χ0) is 22.0. The van der Waals surface area contributed by atoms with E-state index >= 15 is 0 Å². The van der Waals surface area contributed by atoms with Gasteiger partial charge in [-0.1, -0.05) is 35.9 Å². The molecule has 0 radical (unpaired) electrons. The number of rotatable bonds is 6. The zero-order valence-electron chi connectivity index (χ0n) is 16.7. The summed E-state index contributed by atoms with van der Waals surface area (Å²) in [6.45, 7) is 0. The van der Waals surface area contributed by atoms with Gasteiger partial charge >= 0.3 is 0 Å². The summed E-state index contributed by atoms with van der Waals surface area (Å²) in [6, 6.07) is 18.8. The number of carbonyl (C=O) groups excluding carboxylic acids is 3. The third-order valence-electron chi connectivity index (χ3n) is 5.04. The molecule has 3 aromatic rings. The molecule has 0 bridgehead atoms. The van der Waals surface area contributed by atoms with Crippen molar-refractivity contribution in [2.24, 2.45) is 0 Å². The fraction of sp³-hybridized carbons (Fsp3) is 0.125. The van der Waals surface area contributed by atoms with E-state index in [-0.39, 0.29) is 24.1 Å². The number of carbonyl (C=O) groups is 3. The van der Waals surface area contributed by atoms with Crippen molar-refractivity contribution < 1.29 is 19.1 Å². The summed E-state index contributed by atoms with van der Waals surface area (Å²) in [4.78, 5) is 38.9. The van der Waals surface area contributed by atoms with Gasteiger partial charge in [-0.15, -0.1) is 0 Å². The lowest BCUT2D eigenvalue weighted by atomic mass is 10.1. The van der Waals surface area contributed by atoms with E-state index in [2.05, 4.69) is 5.32 Å². The molecule has 1 aliphatic heterocycles. The normalized spacial score (nSPS) is 12.6. The van der Waals surface area contributed by atoms with E-state index < -0.39 is 0 Å². The molecule has 1 N–H and O–H groups in total. The van der Waals surface area contributed by atoms with Crippen molar-refractivity contribution in [3.63, 3.8) is 0 Å². The van der Waals surface area contributed by atoms with Gasteiger partial charge in [-0.05, 0) is 54.4 Å². The van der Waals surface area contributed by atoms with Crippen LogP contribution in [0.25, 0.3) is 0 Å². The summed E-state index contributed by atoms with van der Waals surface area (Å²) in [5, 5.41) is 3.31. The van der Waals surface area contributed by atoms with Crippen LogP contribution in [0, 0.1) is 0 Å². The number of hydrogen-bond acceptors (Lipinski definition) is 4. The van der Waals surface area contributed by atoms with Crippen molar-refractivity contribution in [3.05, 3.63) is 88.4 Å². The second-order valence-corrected chi connectivity index (χ2v) is 7.47. The summed E-state index contributed by atoms with van der Waals surface area (Å²) in [6.07, 6.45) is 0.757. The van der Waals surface area contributed by atoms with Crippen molar-refractivity contribution in [2.75, 3.05) is 17.3 Å². The summed E-state index contributed by atoms with van der Waals surface area (Å²) in [5.74, 6) is -0.354. The average molecular weight is 435 g/mol. The van der Waals surface area contributed by atoms with Crippen molar-refractivity contribution in [1.29, 1.82) is 0 Å². The van der Waals surface area contributed by atoms with Gasteiger partial charge < -0.3 is 10.1 Å². The molecule has 0 aliphatic carbocycles. The van der Waals surface area contributed by atoms with Gasteiger partial charge in [0.1, 0.15) is 5.75 Å². The number of methoxy groups -OCH3 is 1. The van der Waals surface area contributed by atoms with Gasteiger partial charge in [0.05, 0.1) is 28.9 Å². The Labute approximate surface area is 184 Å². The first-order valence-electron chi connectivity index (χ1n) is 9.68. The Kier molecular flexibility index (Phi) is 5.73. The molecule has 0 atom stereocenters. The summed E-state index contributed by atoms with van der Waals surface area (Å²) < 4.78 is 5.13. The van der Waals surface area contributed by atoms with Crippen molar-refractivity contribution in [2.45, 2.75) is 12.8 Å². The standard InChI is InChI=1S/C24H19ClN2O4/c1-31-21-11-9-15(13-20(21)25)10-12-22(28)26-16-5-4-6-17(14-16)27-23(29)18-7-2-3-8-19(18)24(27)30/h2-9,11,13-14H,10,12H2,1H3,(H,26,28). The molecule has 7 heteroatoms. The number of hydrogen-bond donors (Lipinski definition) is 1. The largest absolute Gasteiger partial charge is 0.495 e. The quantitative estimate of drug-likeness (QED) is 0.569. The van der Waals surface area contributed by atoms with Gasteiger partial charge in [0.15, 0.2) is 0 Å². The summed E-state index contributed by atoms with van der Waals surface area (Å²) in [7, 11) is 1.55. The minimum Gasteiger partial charge on any atom is -0.495 e. The van der Waals surface area contributed by atoms with Crippen molar-refractivity contribution in [3.8, 4) is 5.75 Å². The number of halogens is 1. The van der Waals surface area contributed by atoms with Crippen LogP contribution in [-0.4, -0.2) is 24.8 Å². The number of benzene rings is 3. The van der Waals surface area contributed by atoms with Crippen molar-refractivity contribution in [1.82, 2.24) is 0 Å². The van der Waals surface area contributed by atoms with Crippen LogP contribution in [-0.2, 0) is 11.2 Å². The van der Waals surface area contributed by atoms with E-state index in [4.69, 9.17) is 16.3 Å². The highest BCUT2D eigenvalue weighted by Crippen LogP contribution is 2.30. The maximum atomic E-state index is 12.7. The molecule has 0 fully saturated rings. The summed E-state index contributed by atoms with van der Waals surface area (Å²) >= 11 is 6.13. The van der Waals surface area contributed by atoms with Gasteiger partial charge in [-0.3, -0.25) is 14.4 Å². The van der Waals surface area contributed by atoms with E-state index in [1.165, 1.54) is 0 Å². The Morgan fingerprint density at radius 2 is 1.68 bits per heavy atom. The Bertz CT molecular complexity index is 1160. The fourth-order valence-electron chi connectivity index (χ4n) is 3.49. The van der Waals surface area contributed by atoms with Crippen LogP contribution in [0.15, 0.2) is 66.7 Å². The highest BCUT2D eigenvalue weighted by molar-refractivity contribution is 6.34. The Balaban J connectivity index is 1.43. The Morgan fingerprint density at radius 3 is 2.32 bits per heavy atom. The van der Waals surface area contributed by atoms with Gasteiger partial charge in [-0.25, -0.2) is 4.90 Å². The van der Waals surface area contributed by atoms with Crippen molar-refractivity contribution >= 4 is 40.7 Å². The van der Waals surface area contributed by atoms with Gasteiger partial charge in [-0.2, -0.15) is 0 Å². The van der Waals surface area contributed by atoms with Gasteiger partial charge in [0.25, 0.3) is 11.8 Å². The number of ether oxygens (including phenoxy) is 1. The van der Waals surface area contributed by atoms with Crippen LogP contribution in [0.1, 0.15) is 32.7 Å². The van der Waals surface area contributed by atoms with E-state index in [1.54, 1.807) is 67.8 Å². The molecule has 3 aromatic carbocycles. The van der Waals surface area contributed by atoms with Crippen LogP contribution < -0.4 is 15.0 Å². The second kappa shape index (κ2) is 8.62. The number of fused-ring (bicyclic) bond motifs is 1. The monoisotopic (exact) mass is 434 g/mol. The fourth-order valence-corrected chi connectivity index (χ4v) is 3.77. The Morgan fingerprint density at radius 1 is 0.968 bits per heavy atom. The topological polar surface area (TPSA) is 75.7 Å². The molecule has 0 saturated carbocycles. The lowest BCUT2D eigenvalue weighted by molar-refractivity contribution is -0.116. The third-order valence-corrected chi connectivity index (χ3v) is 5.33. The van der Waals surface area contributed by atoms with E-state index in [9.17, 15) is 14.4 Å². The molecule has 1 heterocycles. The highest BCUT2D eigenvalue weighted by atomic mass is 35.5. The number of aryl methyl sites for hydroxylation is 1. The molecule has 0 spiro atoms. The molecule has 0 aromatic heterocycles. The molecule has 0 saturated heterocycles. The minimum atomic E-state index is -0.375. The molecule has 3 amide bonds. The lowest BCUT2D eigenvalue weighted by Gasteiger charge is -2.15. The predicted molar refractivity (Wildman–Crippen MR) is 119 cm³/mol. The average Bonchev–Trinajstić information content (AvgIpc) is 3.03.